The molecule has 0 fully saturated rings. The van der Waals surface area contributed by atoms with Crippen molar-refractivity contribution in [2.45, 2.75) is 19.4 Å². The summed E-state index contributed by atoms with van der Waals surface area (Å²) < 4.78 is 1.08. The van der Waals surface area contributed by atoms with E-state index in [1.807, 2.05) is 31.2 Å². The van der Waals surface area contributed by atoms with Gasteiger partial charge < -0.3 is 0 Å². The Hall–Kier alpha value is -0.870. The van der Waals surface area contributed by atoms with Gasteiger partial charge in [-0.3, -0.25) is 11.3 Å². The molecular weight excluding hydrogens is 324 g/mol. The molecule has 2 aromatic rings. The molecule has 0 amide bonds. The van der Waals surface area contributed by atoms with Gasteiger partial charge in [-0.05, 0) is 48.2 Å². The molecule has 1 atom stereocenters. The first-order chi connectivity index (χ1) is 9.10. The monoisotopic (exact) mass is 338 g/mol. The number of rotatable bonds is 4. The van der Waals surface area contributed by atoms with E-state index in [9.17, 15) is 0 Å². The maximum atomic E-state index is 6.16. The summed E-state index contributed by atoms with van der Waals surface area (Å²) in [6, 6.07) is 14.3. The molecule has 0 aliphatic carbocycles. The van der Waals surface area contributed by atoms with Crippen molar-refractivity contribution in [2.24, 2.45) is 5.84 Å². The van der Waals surface area contributed by atoms with Crippen LogP contribution in [-0.2, 0) is 6.42 Å². The van der Waals surface area contributed by atoms with Gasteiger partial charge >= 0.3 is 0 Å². The molecule has 3 N–H and O–H groups in total. The van der Waals surface area contributed by atoms with Gasteiger partial charge in [0.25, 0.3) is 0 Å². The maximum Gasteiger partial charge on any atom is 0.0500 e. The van der Waals surface area contributed by atoms with Crippen LogP contribution in [0.15, 0.2) is 46.9 Å². The van der Waals surface area contributed by atoms with E-state index in [2.05, 4.69) is 39.6 Å². The Morgan fingerprint density at radius 2 is 1.89 bits per heavy atom. The fraction of sp³-hybridized carbons (Fsp3) is 0.200. The van der Waals surface area contributed by atoms with Gasteiger partial charge in [-0.1, -0.05) is 51.8 Å². The Balaban J connectivity index is 2.19. The van der Waals surface area contributed by atoms with Crippen LogP contribution >= 0.6 is 27.5 Å². The lowest BCUT2D eigenvalue weighted by molar-refractivity contribution is 0.552. The van der Waals surface area contributed by atoms with Gasteiger partial charge in [0.2, 0.25) is 0 Å². The average Bonchev–Trinajstić information content (AvgIpc) is 2.41. The highest BCUT2D eigenvalue weighted by Gasteiger charge is 2.11. The first-order valence-corrected chi connectivity index (χ1v) is 7.24. The fourth-order valence-corrected chi connectivity index (χ4v) is 2.41. The second-order valence-corrected chi connectivity index (χ2v) is 5.88. The quantitative estimate of drug-likeness (QED) is 0.648. The second kappa shape index (κ2) is 6.53. The lowest BCUT2D eigenvalue weighted by atomic mass is 9.98. The van der Waals surface area contributed by atoms with Crippen molar-refractivity contribution in [3.8, 4) is 0 Å². The van der Waals surface area contributed by atoms with Gasteiger partial charge in [0.1, 0.15) is 0 Å². The fourth-order valence-electron chi connectivity index (χ4n) is 1.96. The predicted molar refractivity (Wildman–Crippen MR) is 84.1 cm³/mol. The van der Waals surface area contributed by atoms with Crippen LogP contribution < -0.4 is 11.3 Å². The predicted octanol–water partition coefficient (Wildman–Crippen LogP) is 4.16. The van der Waals surface area contributed by atoms with Crippen LogP contribution in [0.4, 0.5) is 0 Å². The summed E-state index contributed by atoms with van der Waals surface area (Å²) in [5.41, 5.74) is 6.25. The van der Waals surface area contributed by atoms with Crippen LogP contribution in [0.1, 0.15) is 22.7 Å². The third-order valence-electron chi connectivity index (χ3n) is 3.15. The topological polar surface area (TPSA) is 38.0 Å². The molecule has 0 saturated heterocycles. The van der Waals surface area contributed by atoms with Gasteiger partial charge in [-0.15, -0.1) is 0 Å². The van der Waals surface area contributed by atoms with E-state index in [0.717, 1.165) is 27.0 Å². The molecule has 1 unspecified atom stereocenters. The normalized spacial score (nSPS) is 12.4. The lowest BCUT2D eigenvalue weighted by Crippen LogP contribution is -2.29. The van der Waals surface area contributed by atoms with Crippen molar-refractivity contribution in [1.29, 1.82) is 0 Å². The summed E-state index contributed by atoms with van der Waals surface area (Å²) in [6.45, 7) is 1.99. The highest BCUT2D eigenvalue weighted by molar-refractivity contribution is 9.10. The number of halogens is 2. The van der Waals surface area contributed by atoms with Crippen molar-refractivity contribution < 1.29 is 0 Å². The summed E-state index contributed by atoms with van der Waals surface area (Å²) in [7, 11) is 0. The number of aryl methyl sites for hydroxylation is 1. The lowest BCUT2D eigenvalue weighted by Gasteiger charge is -2.17. The zero-order valence-electron chi connectivity index (χ0n) is 10.7. The van der Waals surface area contributed by atoms with Gasteiger partial charge in [-0.2, -0.15) is 0 Å². The standard InChI is InChI=1S/C15H16BrClN2/c1-10-2-5-12(9-14(10)17)15(19-18)8-11-3-6-13(16)7-4-11/h2-7,9,15,19H,8,18H2,1H3. The molecule has 0 radical (unpaired) electrons. The maximum absolute atomic E-state index is 6.16. The number of benzene rings is 2. The second-order valence-electron chi connectivity index (χ2n) is 4.56. The van der Waals surface area contributed by atoms with Gasteiger partial charge in [0, 0.05) is 9.50 Å². The zero-order chi connectivity index (χ0) is 13.8. The van der Waals surface area contributed by atoms with Crippen LogP contribution in [-0.4, -0.2) is 0 Å². The highest BCUT2D eigenvalue weighted by Crippen LogP contribution is 2.24. The minimum Gasteiger partial charge on any atom is -0.271 e. The van der Waals surface area contributed by atoms with E-state index in [1.54, 1.807) is 0 Å². The van der Waals surface area contributed by atoms with Crippen LogP contribution in [0, 0.1) is 6.92 Å². The van der Waals surface area contributed by atoms with Crippen molar-refractivity contribution in [1.82, 2.24) is 5.43 Å². The number of nitrogens with one attached hydrogen (secondary N) is 1. The Labute approximate surface area is 127 Å². The van der Waals surface area contributed by atoms with E-state index in [-0.39, 0.29) is 6.04 Å². The summed E-state index contributed by atoms with van der Waals surface area (Å²) in [6.07, 6.45) is 0.823. The van der Waals surface area contributed by atoms with E-state index >= 15 is 0 Å². The number of hydrazine groups is 1. The van der Waals surface area contributed by atoms with E-state index < -0.39 is 0 Å². The smallest absolute Gasteiger partial charge is 0.0500 e. The first kappa shape index (κ1) is 14.5. The third kappa shape index (κ3) is 3.80. The molecule has 100 valence electrons. The minimum atomic E-state index is 0.0549. The summed E-state index contributed by atoms with van der Waals surface area (Å²) in [5.74, 6) is 5.67. The molecular formula is C15H16BrClN2. The van der Waals surface area contributed by atoms with Crippen molar-refractivity contribution >= 4 is 27.5 Å². The molecule has 2 nitrogen and oxygen atoms in total. The third-order valence-corrected chi connectivity index (χ3v) is 4.09. The molecule has 4 heteroatoms. The van der Waals surface area contributed by atoms with Crippen LogP contribution in [0.3, 0.4) is 0 Å². The summed E-state index contributed by atoms with van der Waals surface area (Å²) >= 11 is 9.60. The van der Waals surface area contributed by atoms with E-state index in [1.165, 1.54) is 5.56 Å². The molecule has 0 aliphatic rings. The number of hydrogen-bond donors (Lipinski definition) is 2. The molecule has 0 bridgehead atoms. The van der Waals surface area contributed by atoms with Crippen LogP contribution in [0.5, 0.6) is 0 Å². The van der Waals surface area contributed by atoms with Gasteiger partial charge in [0.05, 0.1) is 6.04 Å². The molecule has 2 aromatic carbocycles. The Morgan fingerprint density at radius 3 is 2.47 bits per heavy atom. The minimum absolute atomic E-state index is 0.0549. The molecule has 19 heavy (non-hydrogen) atoms. The first-order valence-electron chi connectivity index (χ1n) is 6.07. The van der Waals surface area contributed by atoms with Crippen LogP contribution in [0.25, 0.3) is 0 Å². The Kier molecular flexibility index (Phi) is 4.99. The number of hydrogen-bond acceptors (Lipinski definition) is 2. The zero-order valence-corrected chi connectivity index (χ0v) is 13.0. The Bertz CT molecular complexity index is 555. The molecule has 0 aliphatic heterocycles. The summed E-state index contributed by atoms with van der Waals surface area (Å²) in [5, 5.41) is 0.772. The van der Waals surface area contributed by atoms with Crippen molar-refractivity contribution in [3.63, 3.8) is 0 Å². The van der Waals surface area contributed by atoms with E-state index in [4.69, 9.17) is 17.4 Å². The van der Waals surface area contributed by atoms with Crippen molar-refractivity contribution in [2.75, 3.05) is 0 Å². The molecule has 0 saturated carbocycles. The molecule has 0 heterocycles. The Morgan fingerprint density at radius 1 is 1.21 bits per heavy atom. The molecule has 0 spiro atoms. The van der Waals surface area contributed by atoms with E-state index in [0.29, 0.717) is 0 Å². The summed E-state index contributed by atoms with van der Waals surface area (Å²) in [4.78, 5) is 0. The highest BCUT2D eigenvalue weighted by atomic mass is 79.9. The van der Waals surface area contributed by atoms with Crippen molar-refractivity contribution in [3.05, 3.63) is 68.7 Å². The largest absolute Gasteiger partial charge is 0.271 e. The van der Waals surface area contributed by atoms with Gasteiger partial charge in [-0.25, -0.2) is 0 Å². The molecule has 0 aromatic heterocycles. The van der Waals surface area contributed by atoms with Gasteiger partial charge in [0.15, 0.2) is 0 Å². The SMILES string of the molecule is Cc1ccc(C(Cc2ccc(Br)cc2)NN)cc1Cl. The molecule has 2 rings (SSSR count). The number of nitrogens with two attached hydrogens (primary N) is 1. The average molecular weight is 340 g/mol. The van der Waals surface area contributed by atoms with Crippen LogP contribution in [0.2, 0.25) is 5.02 Å².